The maximum atomic E-state index is 5.70. The van der Waals surface area contributed by atoms with E-state index in [1.165, 1.54) is 32.1 Å². The fourth-order valence-corrected chi connectivity index (χ4v) is 1.79. The molecule has 0 spiro atoms. The molecule has 1 aliphatic carbocycles. The van der Waals surface area contributed by atoms with Crippen molar-refractivity contribution in [1.82, 2.24) is 5.32 Å². The van der Waals surface area contributed by atoms with Crippen molar-refractivity contribution in [1.29, 1.82) is 0 Å². The first-order chi connectivity index (χ1) is 5.72. The molecule has 0 heterocycles. The van der Waals surface area contributed by atoms with E-state index in [0.29, 0.717) is 18.1 Å². The Bertz CT molecular complexity index is 119. The molecule has 72 valence electrons. The average Bonchev–Trinajstić information content (AvgIpc) is 1.98. The molecule has 0 aromatic rings. The molecule has 1 atom stereocenters. The second-order valence-corrected chi connectivity index (χ2v) is 4.14. The van der Waals surface area contributed by atoms with E-state index in [-0.39, 0.29) is 0 Å². The minimum atomic E-state index is 0.473. The molecule has 2 heteroatoms. The highest BCUT2D eigenvalue weighted by Crippen LogP contribution is 2.18. The minimum Gasteiger partial charge on any atom is -0.328 e. The zero-order valence-electron chi connectivity index (χ0n) is 8.34. The fraction of sp³-hybridized carbons (Fsp3) is 1.00. The number of hydrogen-bond donors (Lipinski definition) is 2. The molecule has 1 aliphatic rings. The molecule has 0 radical (unpaired) electrons. The van der Waals surface area contributed by atoms with Gasteiger partial charge in [-0.1, -0.05) is 19.8 Å². The zero-order valence-corrected chi connectivity index (χ0v) is 8.34. The maximum Gasteiger partial charge on any atom is 0.00990 e. The lowest BCUT2D eigenvalue weighted by molar-refractivity contribution is 0.265. The summed E-state index contributed by atoms with van der Waals surface area (Å²) < 4.78 is 0. The Morgan fingerprint density at radius 1 is 1.50 bits per heavy atom. The van der Waals surface area contributed by atoms with Gasteiger partial charge in [0.25, 0.3) is 0 Å². The van der Waals surface area contributed by atoms with Gasteiger partial charge < -0.3 is 11.1 Å². The van der Waals surface area contributed by atoms with E-state index >= 15 is 0 Å². The van der Waals surface area contributed by atoms with Crippen LogP contribution >= 0.6 is 0 Å². The second kappa shape index (κ2) is 4.83. The summed E-state index contributed by atoms with van der Waals surface area (Å²) in [7, 11) is 0. The van der Waals surface area contributed by atoms with Crippen LogP contribution < -0.4 is 11.1 Å². The monoisotopic (exact) mass is 170 g/mol. The van der Waals surface area contributed by atoms with Gasteiger partial charge in [0, 0.05) is 18.1 Å². The molecule has 12 heavy (non-hydrogen) atoms. The van der Waals surface area contributed by atoms with Crippen molar-refractivity contribution in [3.05, 3.63) is 0 Å². The Morgan fingerprint density at radius 2 is 2.17 bits per heavy atom. The molecular formula is C10H22N2. The van der Waals surface area contributed by atoms with Gasteiger partial charge in [0.1, 0.15) is 0 Å². The van der Waals surface area contributed by atoms with E-state index in [4.69, 9.17) is 5.73 Å². The van der Waals surface area contributed by atoms with Gasteiger partial charge >= 0.3 is 0 Å². The summed E-state index contributed by atoms with van der Waals surface area (Å²) in [4.78, 5) is 0. The van der Waals surface area contributed by atoms with Crippen molar-refractivity contribution in [3.63, 3.8) is 0 Å². The van der Waals surface area contributed by atoms with E-state index in [1.54, 1.807) is 0 Å². The Morgan fingerprint density at radius 3 is 2.67 bits per heavy atom. The Balaban J connectivity index is 1.98. The van der Waals surface area contributed by atoms with E-state index in [2.05, 4.69) is 19.2 Å². The summed E-state index contributed by atoms with van der Waals surface area (Å²) in [6.45, 7) is 4.52. The number of nitrogens with two attached hydrogens (primary N) is 1. The van der Waals surface area contributed by atoms with Crippen LogP contribution in [0.3, 0.4) is 0 Å². The molecule has 1 unspecified atom stereocenters. The average molecular weight is 170 g/mol. The lowest BCUT2D eigenvalue weighted by Crippen LogP contribution is -2.51. The van der Waals surface area contributed by atoms with E-state index < -0.39 is 0 Å². The number of hydrogen-bond acceptors (Lipinski definition) is 2. The van der Waals surface area contributed by atoms with Gasteiger partial charge in [-0.05, 0) is 26.2 Å². The van der Waals surface area contributed by atoms with Crippen LogP contribution in [0, 0.1) is 0 Å². The van der Waals surface area contributed by atoms with Gasteiger partial charge in [-0.15, -0.1) is 0 Å². The van der Waals surface area contributed by atoms with Gasteiger partial charge in [0.2, 0.25) is 0 Å². The van der Waals surface area contributed by atoms with Crippen molar-refractivity contribution in [2.24, 2.45) is 5.73 Å². The molecule has 0 saturated heterocycles. The predicted octanol–water partition coefficient (Wildman–Crippen LogP) is 1.64. The van der Waals surface area contributed by atoms with Gasteiger partial charge in [-0.2, -0.15) is 0 Å². The van der Waals surface area contributed by atoms with E-state index in [9.17, 15) is 0 Å². The number of nitrogens with one attached hydrogen (secondary N) is 1. The van der Waals surface area contributed by atoms with Crippen LogP contribution in [-0.4, -0.2) is 18.1 Å². The number of unbranched alkanes of at least 4 members (excludes halogenated alkanes) is 1. The van der Waals surface area contributed by atoms with E-state index in [1.807, 2.05) is 0 Å². The summed E-state index contributed by atoms with van der Waals surface area (Å²) in [5.41, 5.74) is 5.70. The summed E-state index contributed by atoms with van der Waals surface area (Å²) in [5, 5.41) is 3.60. The standard InChI is InChI=1S/C10H22N2/c1-3-4-5-8(2)12-10-6-9(11)7-10/h8-10,12H,3-7,11H2,1-2H3. The molecule has 1 rings (SSSR count). The molecular weight excluding hydrogens is 148 g/mol. The highest BCUT2D eigenvalue weighted by atomic mass is 15.0. The third kappa shape index (κ3) is 3.11. The SMILES string of the molecule is CCCCC(C)NC1CC(N)C1. The summed E-state index contributed by atoms with van der Waals surface area (Å²) in [5.74, 6) is 0. The van der Waals surface area contributed by atoms with Crippen molar-refractivity contribution < 1.29 is 0 Å². The van der Waals surface area contributed by atoms with Gasteiger partial charge in [-0.25, -0.2) is 0 Å². The first-order valence-corrected chi connectivity index (χ1v) is 5.24. The lowest BCUT2D eigenvalue weighted by atomic mass is 9.87. The van der Waals surface area contributed by atoms with Crippen LogP contribution in [0.25, 0.3) is 0 Å². The Kier molecular flexibility index (Phi) is 4.02. The second-order valence-electron chi connectivity index (χ2n) is 4.14. The van der Waals surface area contributed by atoms with Crippen LogP contribution in [0.15, 0.2) is 0 Å². The van der Waals surface area contributed by atoms with Gasteiger partial charge in [0.05, 0.1) is 0 Å². The van der Waals surface area contributed by atoms with Crippen LogP contribution in [-0.2, 0) is 0 Å². The largest absolute Gasteiger partial charge is 0.328 e. The third-order valence-electron chi connectivity index (χ3n) is 2.69. The minimum absolute atomic E-state index is 0.473. The molecule has 0 amide bonds. The Labute approximate surface area is 75.9 Å². The first-order valence-electron chi connectivity index (χ1n) is 5.24. The van der Waals surface area contributed by atoms with Crippen LogP contribution in [0.5, 0.6) is 0 Å². The van der Waals surface area contributed by atoms with Crippen molar-refractivity contribution in [2.45, 2.75) is 64.1 Å². The van der Waals surface area contributed by atoms with Crippen molar-refractivity contribution >= 4 is 0 Å². The lowest BCUT2D eigenvalue weighted by Gasteiger charge is -2.35. The molecule has 2 nitrogen and oxygen atoms in total. The Hall–Kier alpha value is -0.0800. The number of rotatable bonds is 5. The summed E-state index contributed by atoms with van der Waals surface area (Å²) >= 11 is 0. The molecule has 1 fully saturated rings. The molecule has 0 aliphatic heterocycles. The molecule has 0 bridgehead atoms. The highest BCUT2D eigenvalue weighted by molar-refractivity contribution is 4.88. The highest BCUT2D eigenvalue weighted by Gasteiger charge is 2.26. The van der Waals surface area contributed by atoms with Gasteiger partial charge in [0.15, 0.2) is 0 Å². The summed E-state index contributed by atoms with van der Waals surface area (Å²) in [6.07, 6.45) is 6.30. The molecule has 0 aromatic carbocycles. The van der Waals surface area contributed by atoms with Crippen LogP contribution in [0.4, 0.5) is 0 Å². The quantitative estimate of drug-likeness (QED) is 0.658. The maximum absolute atomic E-state index is 5.70. The summed E-state index contributed by atoms with van der Waals surface area (Å²) in [6, 6.07) is 1.87. The molecule has 3 N–H and O–H groups in total. The normalized spacial score (nSPS) is 31.2. The molecule has 1 saturated carbocycles. The van der Waals surface area contributed by atoms with Crippen molar-refractivity contribution in [2.75, 3.05) is 0 Å². The predicted molar refractivity (Wildman–Crippen MR) is 53.1 cm³/mol. The fourth-order valence-electron chi connectivity index (χ4n) is 1.79. The smallest absolute Gasteiger partial charge is 0.00990 e. The van der Waals surface area contributed by atoms with Gasteiger partial charge in [-0.3, -0.25) is 0 Å². The van der Waals surface area contributed by atoms with Crippen LogP contribution in [0.1, 0.15) is 46.0 Å². The third-order valence-corrected chi connectivity index (χ3v) is 2.69. The van der Waals surface area contributed by atoms with Crippen molar-refractivity contribution in [3.8, 4) is 0 Å². The zero-order chi connectivity index (χ0) is 8.97. The van der Waals surface area contributed by atoms with E-state index in [0.717, 1.165) is 0 Å². The molecule has 0 aromatic heterocycles. The van der Waals surface area contributed by atoms with Crippen LogP contribution in [0.2, 0.25) is 0 Å². The topological polar surface area (TPSA) is 38.0 Å². The first kappa shape index (κ1) is 10.0.